The number of guanidine groups is 1. The molecule has 0 aliphatic carbocycles. The standard InChI is InChI=1S/C24H46N4O2.HI/c1-19(2)23(27-12-8-20(3)9-13-27)17-26-24(25-4)28-14-10-21(11-15-28)30-18-22-7-5-6-16-29-22;/h19-23H,5-18H2,1-4H3,(H,25,26);1H. The summed E-state index contributed by atoms with van der Waals surface area (Å²) in [6, 6.07) is 0.575. The lowest BCUT2D eigenvalue weighted by Crippen LogP contribution is -2.53. The summed E-state index contributed by atoms with van der Waals surface area (Å²) in [6.45, 7) is 14.2. The topological polar surface area (TPSA) is 49.3 Å². The predicted molar refractivity (Wildman–Crippen MR) is 140 cm³/mol. The number of halogens is 1. The van der Waals surface area contributed by atoms with Crippen LogP contribution in [0.5, 0.6) is 0 Å². The summed E-state index contributed by atoms with van der Waals surface area (Å²) in [4.78, 5) is 9.70. The molecule has 2 unspecified atom stereocenters. The summed E-state index contributed by atoms with van der Waals surface area (Å²) in [5.41, 5.74) is 0. The van der Waals surface area contributed by atoms with Gasteiger partial charge in [-0.15, -0.1) is 24.0 Å². The highest BCUT2D eigenvalue weighted by Crippen LogP contribution is 2.22. The monoisotopic (exact) mass is 550 g/mol. The van der Waals surface area contributed by atoms with Gasteiger partial charge in [0.15, 0.2) is 5.96 Å². The largest absolute Gasteiger partial charge is 0.376 e. The van der Waals surface area contributed by atoms with E-state index in [0.29, 0.717) is 24.2 Å². The van der Waals surface area contributed by atoms with Crippen molar-refractivity contribution in [3.05, 3.63) is 0 Å². The first kappa shape index (κ1) is 27.1. The van der Waals surface area contributed by atoms with Gasteiger partial charge in [0.2, 0.25) is 0 Å². The molecule has 0 bridgehead atoms. The summed E-state index contributed by atoms with van der Waals surface area (Å²) >= 11 is 0. The van der Waals surface area contributed by atoms with Crippen LogP contribution in [-0.2, 0) is 9.47 Å². The minimum atomic E-state index is 0. The zero-order chi connectivity index (χ0) is 21.3. The zero-order valence-electron chi connectivity index (χ0n) is 20.4. The van der Waals surface area contributed by atoms with Crippen molar-refractivity contribution in [3.8, 4) is 0 Å². The normalized spacial score (nSPS) is 26.0. The maximum atomic E-state index is 6.18. The molecule has 0 saturated carbocycles. The van der Waals surface area contributed by atoms with E-state index in [2.05, 4.69) is 40.9 Å². The Morgan fingerprint density at radius 1 is 1.06 bits per heavy atom. The second kappa shape index (κ2) is 14.2. The Balaban J connectivity index is 0.00000341. The lowest BCUT2D eigenvalue weighted by molar-refractivity contribution is -0.0721. The van der Waals surface area contributed by atoms with Crippen LogP contribution in [0.4, 0.5) is 0 Å². The third kappa shape index (κ3) is 8.63. The molecule has 0 amide bonds. The molecule has 0 radical (unpaired) electrons. The molecule has 3 fully saturated rings. The van der Waals surface area contributed by atoms with E-state index in [-0.39, 0.29) is 24.0 Å². The van der Waals surface area contributed by atoms with Crippen LogP contribution >= 0.6 is 24.0 Å². The van der Waals surface area contributed by atoms with E-state index in [1.165, 1.54) is 38.8 Å². The van der Waals surface area contributed by atoms with Gasteiger partial charge in [0.25, 0.3) is 0 Å². The van der Waals surface area contributed by atoms with Gasteiger partial charge in [0.05, 0.1) is 18.8 Å². The molecular formula is C24H47IN4O2. The van der Waals surface area contributed by atoms with Crippen molar-refractivity contribution in [1.82, 2.24) is 15.1 Å². The molecule has 3 aliphatic rings. The van der Waals surface area contributed by atoms with E-state index >= 15 is 0 Å². The second-order valence-corrected chi connectivity index (χ2v) is 9.97. The van der Waals surface area contributed by atoms with Crippen LogP contribution in [0.1, 0.15) is 65.7 Å². The molecule has 0 aromatic carbocycles. The van der Waals surface area contributed by atoms with Crippen LogP contribution in [-0.4, -0.2) is 87.0 Å². The summed E-state index contributed by atoms with van der Waals surface area (Å²) < 4.78 is 12.0. The van der Waals surface area contributed by atoms with Gasteiger partial charge in [-0.1, -0.05) is 20.8 Å². The number of rotatable bonds is 7. The van der Waals surface area contributed by atoms with Crippen molar-refractivity contribution in [2.75, 3.05) is 53.0 Å². The van der Waals surface area contributed by atoms with Gasteiger partial charge >= 0.3 is 0 Å². The lowest BCUT2D eigenvalue weighted by Gasteiger charge is -2.40. The molecule has 31 heavy (non-hydrogen) atoms. The number of ether oxygens (including phenoxy) is 2. The van der Waals surface area contributed by atoms with E-state index in [0.717, 1.165) is 64.0 Å². The van der Waals surface area contributed by atoms with Crippen LogP contribution in [0, 0.1) is 11.8 Å². The fourth-order valence-electron chi connectivity index (χ4n) is 5.09. The maximum Gasteiger partial charge on any atom is 0.193 e. The minimum Gasteiger partial charge on any atom is -0.376 e. The van der Waals surface area contributed by atoms with E-state index in [1.54, 1.807) is 0 Å². The summed E-state index contributed by atoms with van der Waals surface area (Å²) in [5.74, 6) is 2.58. The highest BCUT2D eigenvalue weighted by atomic mass is 127. The molecule has 182 valence electrons. The molecule has 3 heterocycles. The minimum absolute atomic E-state index is 0. The molecular weight excluding hydrogens is 503 g/mol. The van der Waals surface area contributed by atoms with Gasteiger partial charge in [-0.3, -0.25) is 9.89 Å². The smallest absolute Gasteiger partial charge is 0.193 e. The number of hydrogen-bond donors (Lipinski definition) is 1. The number of piperidine rings is 2. The summed E-state index contributed by atoms with van der Waals surface area (Å²) in [5, 5.41) is 3.70. The van der Waals surface area contributed by atoms with Gasteiger partial charge in [-0.05, 0) is 69.9 Å². The fourth-order valence-corrected chi connectivity index (χ4v) is 5.09. The van der Waals surface area contributed by atoms with Crippen LogP contribution in [0.25, 0.3) is 0 Å². The number of likely N-dealkylation sites (tertiary alicyclic amines) is 2. The van der Waals surface area contributed by atoms with Crippen LogP contribution in [0.15, 0.2) is 4.99 Å². The van der Waals surface area contributed by atoms with E-state index in [4.69, 9.17) is 9.47 Å². The van der Waals surface area contributed by atoms with Gasteiger partial charge in [-0.25, -0.2) is 0 Å². The second-order valence-electron chi connectivity index (χ2n) is 9.97. The van der Waals surface area contributed by atoms with Gasteiger partial charge < -0.3 is 19.7 Å². The van der Waals surface area contributed by atoms with E-state index in [9.17, 15) is 0 Å². The molecule has 7 heteroatoms. The van der Waals surface area contributed by atoms with Crippen molar-refractivity contribution < 1.29 is 9.47 Å². The third-order valence-electron chi connectivity index (χ3n) is 7.27. The molecule has 0 aromatic heterocycles. The number of hydrogen-bond acceptors (Lipinski definition) is 4. The Bertz CT molecular complexity index is 512. The van der Waals surface area contributed by atoms with Crippen molar-refractivity contribution in [3.63, 3.8) is 0 Å². The summed E-state index contributed by atoms with van der Waals surface area (Å²) in [6.07, 6.45) is 9.13. The van der Waals surface area contributed by atoms with Crippen molar-refractivity contribution in [1.29, 1.82) is 0 Å². The van der Waals surface area contributed by atoms with Gasteiger partial charge in [0.1, 0.15) is 0 Å². The number of nitrogens with zero attached hydrogens (tertiary/aromatic N) is 3. The van der Waals surface area contributed by atoms with Gasteiger partial charge in [0, 0.05) is 39.3 Å². The van der Waals surface area contributed by atoms with Crippen LogP contribution in [0.2, 0.25) is 0 Å². The third-order valence-corrected chi connectivity index (χ3v) is 7.27. The van der Waals surface area contributed by atoms with E-state index in [1.807, 2.05) is 7.05 Å². The Kier molecular flexibility index (Phi) is 12.4. The first-order chi connectivity index (χ1) is 14.6. The first-order valence-corrected chi connectivity index (χ1v) is 12.5. The molecule has 3 aliphatic heterocycles. The van der Waals surface area contributed by atoms with Crippen molar-refractivity contribution in [2.45, 2.75) is 84.0 Å². The molecule has 2 atom stereocenters. The first-order valence-electron chi connectivity index (χ1n) is 12.5. The maximum absolute atomic E-state index is 6.18. The average molecular weight is 551 g/mol. The Morgan fingerprint density at radius 3 is 2.35 bits per heavy atom. The molecule has 3 rings (SSSR count). The molecule has 3 saturated heterocycles. The molecule has 0 spiro atoms. The molecule has 6 nitrogen and oxygen atoms in total. The Hall–Kier alpha value is -0.120. The molecule has 0 aromatic rings. The zero-order valence-corrected chi connectivity index (χ0v) is 22.7. The van der Waals surface area contributed by atoms with Crippen molar-refractivity contribution in [2.24, 2.45) is 16.8 Å². The fraction of sp³-hybridized carbons (Fsp3) is 0.958. The van der Waals surface area contributed by atoms with Crippen LogP contribution in [0.3, 0.4) is 0 Å². The lowest BCUT2D eigenvalue weighted by atomic mass is 9.94. The van der Waals surface area contributed by atoms with Crippen LogP contribution < -0.4 is 5.32 Å². The van der Waals surface area contributed by atoms with Crippen molar-refractivity contribution >= 4 is 29.9 Å². The number of aliphatic imine (C=N–C) groups is 1. The highest BCUT2D eigenvalue weighted by molar-refractivity contribution is 14.0. The van der Waals surface area contributed by atoms with Gasteiger partial charge in [-0.2, -0.15) is 0 Å². The van der Waals surface area contributed by atoms with E-state index < -0.39 is 0 Å². The molecule has 1 N–H and O–H groups in total. The highest BCUT2D eigenvalue weighted by Gasteiger charge is 2.27. The number of nitrogens with one attached hydrogen (secondary N) is 1. The SMILES string of the molecule is CN=C(NCC(C(C)C)N1CCC(C)CC1)N1CCC(OCC2CCCCO2)CC1.I. The quantitative estimate of drug-likeness (QED) is 0.295. The Labute approximate surface area is 207 Å². The average Bonchev–Trinajstić information content (AvgIpc) is 2.77. The predicted octanol–water partition coefficient (Wildman–Crippen LogP) is 3.99. The summed E-state index contributed by atoms with van der Waals surface area (Å²) in [7, 11) is 1.91. The Morgan fingerprint density at radius 2 is 1.77 bits per heavy atom.